The third kappa shape index (κ3) is 7.98. The van der Waals surface area contributed by atoms with E-state index in [2.05, 4.69) is 31.2 Å². The highest BCUT2D eigenvalue weighted by Crippen LogP contribution is 1.97. The maximum absolute atomic E-state index is 8.65. The van der Waals surface area contributed by atoms with Gasteiger partial charge < -0.3 is 15.3 Å². The van der Waals surface area contributed by atoms with E-state index in [0.29, 0.717) is 12.5 Å². The van der Waals surface area contributed by atoms with Crippen LogP contribution in [-0.4, -0.2) is 50.3 Å². The van der Waals surface area contributed by atoms with Crippen molar-refractivity contribution >= 4 is 0 Å². The van der Waals surface area contributed by atoms with E-state index < -0.39 is 0 Å². The molecular weight excluding hydrogens is 152 g/mol. The van der Waals surface area contributed by atoms with Crippen LogP contribution in [0.1, 0.15) is 13.3 Å². The first-order valence-corrected chi connectivity index (χ1v) is 4.63. The molecule has 0 bridgehead atoms. The molecule has 3 heteroatoms. The second-order valence-corrected chi connectivity index (χ2v) is 3.62. The van der Waals surface area contributed by atoms with Crippen molar-refractivity contribution in [2.24, 2.45) is 5.92 Å². The molecule has 0 aromatic rings. The minimum atomic E-state index is 0.302. The Morgan fingerprint density at radius 2 is 2.08 bits per heavy atom. The predicted octanol–water partition coefficient (Wildman–Crippen LogP) is 0.156. The summed E-state index contributed by atoms with van der Waals surface area (Å²) in [6, 6.07) is 0. The Labute approximate surface area is 75.8 Å². The van der Waals surface area contributed by atoms with Gasteiger partial charge in [-0.15, -0.1) is 0 Å². The maximum atomic E-state index is 8.65. The van der Waals surface area contributed by atoms with Crippen LogP contribution in [0.5, 0.6) is 0 Å². The Kier molecular flexibility index (Phi) is 7.45. The molecule has 1 atom stereocenters. The molecule has 0 heterocycles. The Morgan fingerprint density at radius 1 is 1.42 bits per heavy atom. The Hall–Kier alpha value is -0.120. The van der Waals surface area contributed by atoms with Gasteiger partial charge in [-0.25, -0.2) is 0 Å². The van der Waals surface area contributed by atoms with Crippen LogP contribution in [-0.2, 0) is 0 Å². The number of aliphatic hydroxyl groups is 1. The third-order valence-electron chi connectivity index (χ3n) is 1.85. The normalized spacial score (nSPS) is 13.8. The van der Waals surface area contributed by atoms with Crippen molar-refractivity contribution in [3.63, 3.8) is 0 Å². The van der Waals surface area contributed by atoms with Crippen molar-refractivity contribution in [1.29, 1.82) is 0 Å². The van der Waals surface area contributed by atoms with Crippen LogP contribution in [0, 0.1) is 5.92 Å². The molecular formula is C9H22N2O. The monoisotopic (exact) mass is 174 g/mol. The summed E-state index contributed by atoms with van der Waals surface area (Å²) < 4.78 is 0. The summed E-state index contributed by atoms with van der Waals surface area (Å²) in [5.41, 5.74) is 0. The van der Waals surface area contributed by atoms with Crippen molar-refractivity contribution in [1.82, 2.24) is 10.2 Å². The van der Waals surface area contributed by atoms with E-state index in [1.807, 2.05) is 0 Å². The highest BCUT2D eigenvalue weighted by atomic mass is 16.3. The van der Waals surface area contributed by atoms with E-state index in [1.165, 1.54) is 0 Å². The van der Waals surface area contributed by atoms with E-state index in [-0.39, 0.29) is 0 Å². The molecule has 0 amide bonds. The highest BCUT2D eigenvalue weighted by molar-refractivity contribution is 4.57. The quantitative estimate of drug-likeness (QED) is 0.540. The fourth-order valence-electron chi connectivity index (χ4n) is 0.974. The van der Waals surface area contributed by atoms with Gasteiger partial charge in [0.15, 0.2) is 0 Å². The molecule has 0 aromatic carbocycles. The number of hydrogen-bond donors (Lipinski definition) is 2. The molecule has 0 saturated heterocycles. The zero-order valence-electron chi connectivity index (χ0n) is 8.51. The largest absolute Gasteiger partial charge is 0.396 e. The maximum Gasteiger partial charge on any atom is 0.0434 e. The predicted molar refractivity (Wildman–Crippen MR) is 52.3 cm³/mol. The smallest absolute Gasteiger partial charge is 0.0434 e. The van der Waals surface area contributed by atoms with Crippen LogP contribution in [0.15, 0.2) is 0 Å². The number of likely N-dealkylation sites (N-methyl/N-ethyl adjacent to an activating group) is 1. The Bertz CT molecular complexity index is 96.5. The third-order valence-corrected chi connectivity index (χ3v) is 1.85. The van der Waals surface area contributed by atoms with Crippen LogP contribution in [0.4, 0.5) is 0 Å². The second-order valence-electron chi connectivity index (χ2n) is 3.62. The Balaban J connectivity index is 3.08. The summed E-state index contributed by atoms with van der Waals surface area (Å²) in [4.78, 5) is 2.16. The first kappa shape index (κ1) is 11.9. The van der Waals surface area contributed by atoms with Crippen LogP contribution in [0.2, 0.25) is 0 Å². The second kappa shape index (κ2) is 7.53. The molecule has 2 N–H and O–H groups in total. The molecule has 0 fully saturated rings. The summed E-state index contributed by atoms with van der Waals surface area (Å²) >= 11 is 0. The van der Waals surface area contributed by atoms with Gasteiger partial charge >= 0.3 is 0 Å². The fourth-order valence-corrected chi connectivity index (χ4v) is 0.974. The van der Waals surface area contributed by atoms with E-state index in [0.717, 1.165) is 26.1 Å². The van der Waals surface area contributed by atoms with Crippen LogP contribution in [0.25, 0.3) is 0 Å². The van der Waals surface area contributed by atoms with Gasteiger partial charge in [-0.3, -0.25) is 0 Å². The Morgan fingerprint density at radius 3 is 2.58 bits per heavy atom. The molecule has 0 saturated carbocycles. The average Bonchev–Trinajstić information content (AvgIpc) is 1.98. The molecule has 0 rings (SSSR count). The van der Waals surface area contributed by atoms with E-state index in [1.54, 1.807) is 0 Å². The lowest BCUT2D eigenvalue weighted by atomic mass is 10.1. The number of nitrogens with one attached hydrogen (secondary N) is 1. The summed E-state index contributed by atoms with van der Waals surface area (Å²) in [5.74, 6) is 0.581. The molecule has 1 unspecified atom stereocenters. The van der Waals surface area contributed by atoms with E-state index in [4.69, 9.17) is 5.11 Å². The summed E-state index contributed by atoms with van der Waals surface area (Å²) in [5, 5.41) is 12.0. The van der Waals surface area contributed by atoms with Crippen molar-refractivity contribution in [3.8, 4) is 0 Å². The SMILES string of the molecule is CC(CCO)CNCCN(C)C. The van der Waals surface area contributed by atoms with Gasteiger partial charge in [-0.05, 0) is 33.0 Å². The topological polar surface area (TPSA) is 35.5 Å². The van der Waals surface area contributed by atoms with Crippen LogP contribution < -0.4 is 5.32 Å². The summed E-state index contributed by atoms with van der Waals surface area (Å²) in [7, 11) is 4.14. The van der Waals surface area contributed by atoms with Crippen molar-refractivity contribution in [2.75, 3.05) is 40.3 Å². The van der Waals surface area contributed by atoms with Gasteiger partial charge in [-0.1, -0.05) is 6.92 Å². The van der Waals surface area contributed by atoms with Gasteiger partial charge in [0.2, 0.25) is 0 Å². The lowest BCUT2D eigenvalue weighted by Gasteiger charge is -2.13. The van der Waals surface area contributed by atoms with Gasteiger partial charge in [0.1, 0.15) is 0 Å². The molecule has 0 aromatic heterocycles. The molecule has 12 heavy (non-hydrogen) atoms. The zero-order valence-corrected chi connectivity index (χ0v) is 8.51. The average molecular weight is 174 g/mol. The first-order valence-electron chi connectivity index (χ1n) is 4.63. The standard InChI is InChI=1S/C9H22N2O/c1-9(4-7-12)8-10-5-6-11(2)3/h9-10,12H,4-8H2,1-3H3. The molecule has 3 nitrogen and oxygen atoms in total. The van der Waals surface area contributed by atoms with E-state index in [9.17, 15) is 0 Å². The minimum absolute atomic E-state index is 0.302. The highest BCUT2D eigenvalue weighted by Gasteiger charge is 1.99. The molecule has 0 radical (unpaired) electrons. The van der Waals surface area contributed by atoms with Gasteiger partial charge in [0, 0.05) is 19.7 Å². The van der Waals surface area contributed by atoms with E-state index >= 15 is 0 Å². The van der Waals surface area contributed by atoms with Crippen LogP contribution in [0.3, 0.4) is 0 Å². The number of rotatable bonds is 7. The lowest BCUT2D eigenvalue weighted by Crippen LogP contribution is -2.29. The number of nitrogens with zero attached hydrogens (tertiary/aromatic N) is 1. The number of hydrogen-bond acceptors (Lipinski definition) is 3. The van der Waals surface area contributed by atoms with Gasteiger partial charge in [0.05, 0.1) is 0 Å². The molecule has 74 valence electrons. The molecule has 0 spiro atoms. The minimum Gasteiger partial charge on any atom is -0.396 e. The zero-order chi connectivity index (χ0) is 9.40. The van der Waals surface area contributed by atoms with Crippen molar-refractivity contribution < 1.29 is 5.11 Å². The van der Waals surface area contributed by atoms with Crippen molar-refractivity contribution in [2.45, 2.75) is 13.3 Å². The summed E-state index contributed by atoms with van der Waals surface area (Å²) in [6.07, 6.45) is 0.898. The van der Waals surface area contributed by atoms with Gasteiger partial charge in [0.25, 0.3) is 0 Å². The van der Waals surface area contributed by atoms with Crippen LogP contribution >= 0.6 is 0 Å². The molecule has 0 aliphatic heterocycles. The van der Waals surface area contributed by atoms with Gasteiger partial charge in [-0.2, -0.15) is 0 Å². The fraction of sp³-hybridized carbons (Fsp3) is 1.00. The molecule has 0 aliphatic carbocycles. The first-order chi connectivity index (χ1) is 5.66. The van der Waals surface area contributed by atoms with Crippen molar-refractivity contribution in [3.05, 3.63) is 0 Å². The molecule has 0 aliphatic rings. The summed E-state index contributed by atoms with van der Waals surface area (Å²) in [6.45, 7) is 5.57. The number of aliphatic hydroxyl groups excluding tert-OH is 1. The lowest BCUT2D eigenvalue weighted by molar-refractivity contribution is 0.259.